The summed E-state index contributed by atoms with van der Waals surface area (Å²) in [6.07, 6.45) is 0. The molecule has 0 unspecified atom stereocenters. The monoisotopic (exact) mass is 381 g/mol. The number of hydrogen-bond donors (Lipinski definition) is 1. The first-order valence-corrected chi connectivity index (χ1v) is 8.94. The first kappa shape index (κ1) is 19.5. The summed E-state index contributed by atoms with van der Waals surface area (Å²) in [4.78, 5) is 12.7. The maximum absolute atomic E-state index is 12.7. The third-order valence-corrected chi connectivity index (χ3v) is 4.77. The minimum atomic E-state index is -2.99. The highest BCUT2D eigenvalue weighted by Crippen LogP contribution is 2.31. The van der Waals surface area contributed by atoms with Crippen molar-refractivity contribution >= 4 is 5.91 Å². The van der Waals surface area contributed by atoms with E-state index < -0.39 is 17.9 Å². The standard InChI is InChI=1S/C23H21F2NO2/c1-23(17-10-4-2-5-11-17,18-12-6-3-7-13-18)16-26-21(27)19-14-8-9-15-20(19)28-22(24)25/h2-15,22H,16H2,1H3,(H,26,27). The molecule has 0 aliphatic rings. The molecule has 28 heavy (non-hydrogen) atoms. The number of carbonyl (C=O) groups is 1. The Kier molecular flexibility index (Phi) is 6.04. The molecule has 0 bridgehead atoms. The number of nitrogens with one attached hydrogen (secondary N) is 1. The van der Waals surface area contributed by atoms with Crippen molar-refractivity contribution in [1.29, 1.82) is 0 Å². The fraction of sp³-hybridized carbons (Fsp3) is 0.174. The minimum Gasteiger partial charge on any atom is -0.434 e. The summed E-state index contributed by atoms with van der Waals surface area (Å²) in [6, 6.07) is 25.7. The van der Waals surface area contributed by atoms with Crippen molar-refractivity contribution in [2.75, 3.05) is 6.54 Å². The van der Waals surface area contributed by atoms with E-state index in [1.807, 2.05) is 67.6 Å². The molecule has 0 atom stereocenters. The molecule has 0 aromatic heterocycles. The Morgan fingerprint density at radius 3 is 1.93 bits per heavy atom. The Morgan fingerprint density at radius 1 is 0.893 bits per heavy atom. The molecule has 0 heterocycles. The van der Waals surface area contributed by atoms with Gasteiger partial charge in [-0.25, -0.2) is 0 Å². The third kappa shape index (κ3) is 4.36. The second-order valence-electron chi connectivity index (χ2n) is 6.62. The molecule has 1 amide bonds. The van der Waals surface area contributed by atoms with E-state index in [0.29, 0.717) is 6.54 Å². The van der Waals surface area contributed by atoms with Crippen LogP contribution in [0.15, 0.2) is 84.9 Å². The normalized spacial score (nSPS) is 11.3. The smallest absolute Gasteiger partial charge is 0.387 e. The van der Waals surface area contributed by atoms with Crippen molar-refractivity contribution in [3.63, 3.8) is 0 Å². The largest absolute Gasteiger partial charge is 0.434 e. The van der Waals surface area contributed by atoms with Gasteiger partial charge in [0.25, 0.3) is 5.91 Å². The summed E-state index contributed by atoms with van der Waals surface area (Å²) in [5.74, 6) is -0.606. The SMILES string of the molecule is CC(CNC(=O)c1ccccc1OC(F)F)(c1ccccc1)c1ccccc1. The molecule has 0 saturated heterocycles. The second-order valence-corrected chi connectivity index (χ2v) is 6.62. The predicted octanol–water partition coefficient (Wildman–Crippen LogP) is 5.02. The molecule has 0 fully saturated rings. The molecule has 3 nitrogen and oxygen atoms in total. The zero-order valence-electron chi connectivity index (χ0n) is 15.4. The van der Waals surface area contributed by atoms with Crippen LogP contribution in [0.5, 0.6) is 5.75 Å². The van der Waals surface area contributed by atoms with Crippen LogP contribution in [-0.4, -0.2) is 19.1 Å². The predicted molar refractivity (Wildman–Crippen MR) is 105 cm³/mol. The molecule has 3 aromatic carbocycles. The summed E-state index contributed by atoms with van der Waals surface area (Å²) in [6.45, 7) is -0.657. The first-order chi connectivity index (χ1) is 13.5. The molecule has 1 N–H and O–H groups in total. The quantitative estimate of drug-likeness (QED) is 0.624. The van der Waals surface area contributed by atoms with Crippen LogP contribution in [0.25, 0.3) is 0 Å². The Hall–Kier alpha value is -3.21. The van der Waals surface area contributed by atoms with Crippen LogP contribution in [0.1, 0.15) is 28.4 Å². The van der Waals surface area contributed by atoms with Crippen molar-refractivity contribution in [1.82, 2.24) is 5.32 Å². The van der Waals surface area contributed by atoms with Gasteiger partial charge in [0, 0.05) is 12.0 Å². The molecule has 0 spiro atoms. The van der Waals surface area contributed by atoms with Crippen LogP contribution in [0.3, 0.4) is 0 Å². The van der Waals surface area contributed by atoms with E-state index in [-0.39, 0.29) is 11.3 Å². The highest BCUT2D eigenvalue weighted by Gasteiger charge is 2.30. The van der Waals surface area contributed by atoms with Crippen molar-refractivity contribution in [3.05, 3.63) is 102 Å². The number of carbonyl (C=O) groups excluding carboxylic acids is 1. The summed E-state index contributed by atoms with van der Waals surface area (Å²) in [5, 5.41) is 2.89. The van der Waals surface area contributed by atoms with Crippen LogP contribution >= 0.6 is 0 Å². The van der Waals surface area contributed by atoms with Gasteiger partial charge < -0.3 is 10.1 Å². The molecule has 5 heteroatoms. The van der Waals surface area contributed by atoms with E-state index in [4.69, 9.17) is 0 Å². The Bertz CT molecular complexity index is 875. The molecular weight excluding hydrogens is 360 g/mol. The molecule has 144 valence electrons. The molecule has 0 saturated carbocycles. The van der Waals surface area contributed by atoms with Gasteiger partial charge in [-0.1, -0.05) is 72.8 Å². The second kappa shape index (κ2) is 8.65. The van der Waals surface area contributed by atoms with Crippen LogP contribution in [0.4, 0.5) is 8.78 Å². The van der Waals surface area contributed by atoms with E-state index in [9.17, 15) is 13.6 Å². The van der Waals surface area contributed by atoms with Crippen LogP contribution in [0, 0.1) is 0 Å². The number of rotatable bonds is 7. The van der Waals surface area contributed by atoms with Crippen LogP contribution in [-0.2, 0) is 5.41 Å². The summed E-state index contributed by atoms with van der Waals surface area (Å²) in [7, 11) is 0. The van der Waals surface area contributed by atoms with E-state index in [1.54, 1.807) is 12.1 Å². The number of hydrogen-bond acceptors (Lipinski definition) is 2. The number of para-hydroxylation sites is 1. The summed E-state index contributed by atoms with van der Waals surface area (Å²) >= 11 is 0. The summed E-state index contributed by atoms with van der Waals surface area (Å²) in [5.41, 5.74) is 1.67. The highest BCUT2D eigenvalue weighted by atomic mass is 19.3. The highest BCUT2D eigenvalue weighted by molar-refractivity contribution is 5.97. The Labute approximate surface area is 163 Å². The fourth-order valence-corrected chi connectivity index (χ4v) is 3.19. The molecule has 0 aliphatic heterocycles. The van der Waals surface area contributed by atoms with E-state index >= 15 is 0 Å². The van der Waals surface area contributed by atoms with Gasteiger partial charge in [0.2, 0.25) is 0 Å². The summed E-state index contributed by atoms with van der Waals surface area (Å²) < 4.78 is 29.7. The maximum Gasteiger partial charge on any atom is 0.387 e. The van der Waals surface area contributed by atoms with E-state index in [0.717, 1.165) is 11.1 Å². The lowest BCUT2D eigenvalue weighted by atomic mass is 9.76. The third-order valence-electron chi connectivity index (χ3n) is 4.77. The van der Waals surface area contributed by atoms with Gasteiger partial charge in [0.1, 0.15) is 5.75 Å². The van der Waals surface area contributed by atoms with Gasteiger partial charge in [0.15, 0.2) is 0 Å². The van der Waals surface area contributed by atoms with Gasteiger partial charge in [0.05, 0.1) is 5.56 Å². The van der Waals surface area contributed by atoms with Gasteiger partial charge in [-0.05, 0) is 30.2 Å². The van der Waals surface area contributed by atoms with E-state index in [2.05, 4.69) is 10.1 Å². The van der Waals surface area contributed by atoms with Crippen molar-refractivity contribution in [3.8, 4) is 5.75 Å². The zero-order chi connectivity index (χ0) is 20.0. The first-order valence-electron chi connectivity index (χ1n) is 8.94. The van der Waals surface area contributed by atoms with Gasteiger partial charge in [-0.2, -0.15) is 8.78 Å². The minimum absolute atomic E-state index is 0.0753. The lowest BCUT2D eigenvalue weighted by Gasteiger charge is -2.31. The van der Waals surface area contributed by atoms with Gasteiger partial charge in [-0.3, -0.25) is 4.79 Å². The fourth-order valence-electron chi connectivity index (χ4n) is 3.19. The molecule has 0 radical (unpaired) electrons. The number of halogens is 2. The van der Waals surface area contributed by atoms with Crippen molar-refractivity contribution in [2.45, 2.75) is 19.0 Å². The Morgan fingerprint density at radius 2 is 1.39 bits per heavy atom. The average Bonchev–Trinajstić information content (AvgIpc) is 2.73. The van der Waals surface area contributed by atoms with Gasteiger partial charge >= 0.3 is 6.61 Å². The average molecular weight is 381 g/mol. The van der Waals surface area contributed by atoms with Gasteiger partial charge in [-0.15, -0.1) is 0 Å². The molecular formula is C23H21F2NO2. The number of amides is 1. The topological polar surface area (TPSA) is 38.3 Å². The number of benzene rings is 3. The molecule has 0 aliphatic carbocycles. The zero-order valence-corrected chi connectivity index (χ0v) is 15.4. The van der Waals surface area contributed by atoms with Crippen LogP contribution in [0.2, 0.25) is 0 Å². The lowest BCUT2D eigenvalue weighted by molar-refractivity contribution is -0.0501. The number of alkyl halides is 2. The van der Waals surface area contributed by atoms with Crippen molar-refractivity contribution < 1.29 is 18.3 Å². The van der Waals surface area contributed by atoms with Crippen LogP contribution < -0.4 is 10.1 Å². The number of ether oxygens (including phenoxy) is 1. The molecule has 3 aromatic rings. The Balaban J connectivity index is 1.87. The van der Waals surface area contributed by atoms with E-state index in [1.165, 1.54) is 12.1 Å². The molecule has 3 rings (SSSR count). The van der Waals surface area contributed by atoms with Crippen molar-refractivity contribution in [2.24, 2.45) is 0 Å². The maximum atomic E-state index is 12.7. The lowest BCUT2D eigenvalue weighted by Crippen LogP contribution is -2.39.